The molecule has 14 heavy (non-hydrogen) atoms. The Morgan fingerprint density at radius 2 is 2.07 bits per heavy atom. The Labute approximate surface area is 82.1 Å². The van der Waals surface area contributed by atoms with Gasteiger partial charge in [0.1, 0.15) is 0 Å². The zero-order valence-electron chi connectivity index (χ0n) is 7.84. The molecule has 0 radical (unpaired) electrons. The highest BCUT2D eigenvalue weighted by atomic mass is 16.6. The van der Waals surface area contributed by atoms with Crippen LogP contribution in [-0.2, 0) is 20.9 Å². The molecule has 1 aromatic rings. The van der Waals surface area contributed by atoms with Gasteiger partial charge in [-0.25, -0.2) is 4.79 Å². The van der Waals surface area contributed by atoms with E-state index in [1.54, 1.807) is 0 Å². The minimum atomic E-state index is -1.51. The van der Waals surface area contributed by atoms with Gasteiger partial charge in [-0.05, 0) is 5.56 Å². The van der Waals surface area contributed by atoms with Crippen molar-refractivity contribution in [2.45, 2.75) is 12.9 Å². The molecule has 76 valence electrons. The van der Waals surface area contributed by atoms with E-state index < -0.39 is 12.3 Å². The van der Waals surface area contributed by atoms with Gasteiger partial charge < -0.3 is 14.6 Å². The summed E-state index contributed by atoms with van der Waals surface area (Å²) in [4.78, 5) is 10.7. The number of methoxy groups -OCH3 is 1. The molecule has 0 saturated carbocycles. The average Bonchev–Trinajstić information content (AvgIpc) is 2.26. The molecule has 0 aliphatic carbocycles. The summed E-state index contributed by atoms with van der Waals surface area (Å²) in [6.45, 7) is 0.178. The monoisotopic (exact) mass is 196 g/mol. The second-order valence-electron chi connectivity index (χ2n) is 2.67. The molecule has 4 nitrogen and oxygen atoms in total. The molecular formula is C10H12O4. The van der Waals surface area contributed by atoms with Gasteiger partial charge >= 0.3 is 5.97 Å². The Hall–Kier alpha value is -1.39. The smallest absolute Gasteiger partial charge is 0.363 e. The van der Waals surface area contributed by atoms with E-state index in [9.17, 15) is 4.79 Å². The van der Waals surface area contributed by atoms with Gasteiger partial charge in [-0.1, -0.05) is 30.3 Å². The van der Waals surface area contributed by atoms with Crippen LogP contribution in [0.3, 0.4) is 0 Å². The number of carbonyl (C=O) groups is 1. The highest BCUT2D eigenvalue weighted by molar-refractivity contribution is 5.72. The van der Waals surface area contributed by atoms with E-state index in [0.29, 0.717) is 0 Å². The van der Waals surface area contributed by atoms with Crippen LogP contribution in [0, 0.1) is 0 Å². The minimum absolute atomic E-state index is 0.178. The van der Waals surface area contributed by atoms with Crippen molar-refractivity contribution in [3.05, 3.63) is 35.9 Å². The SMILES string of the molecule is COC(=O)[C@H](O)OCc1ccccc1. The molecular weight excluding hydrogens is 184 g/mol. The maximum absolute atomic E-state index is 10.7. The lowest BCUT2D eigenvalue weighted by Gasteiger charge is -2.09. The molecule has 0 aromatic heterocycles. The third-order valence-corrected chi connectivity index (χ3v) is 1.65. The quantitative estimate of drug-likeness (QED) is 0.568. The molecule has 0 aliphatic heterocycles. The minimum Gasteiger partial charge on any atom is -0.465 e. The lowest BCUT2D eigenvalue weighted by atomic mass is 10.2. The fraction of sp³-hybridized carbons (Fsp3) is 0.300. The lowest BCUT2D eigenvalue weighted by molar-refractivity contribution is -0.182. The Kier molecular flexibility index (Phi) is 4.10. The predicted octanol–water partition coefficient (Wildman–Crippen LogP) is 0.695. The maximum Gasteiger partial charge on any atom is 0.363 e. The Balaban J connectivity index is 2.38. The van der Waals surface area contributed by atoms with Crippen molar-refractivity contribution in [1.29, 1.82) is 0 Å². The zero-order chi connectivity index (χ0) is 10.4. The highest BCUT2D eigenvalue weighted by Gasteiger charge is 2.15. The summed E-state index contributed by atoms with van der Waals surface area (Å²) in [6, 6.07) is 9.25. The largest absolute Gasteiger partial charge is 0.465 e. The normalized spacial score (nSPS) is 12.1. The molecule has 1 aromatic carbocycles. The average molecular weight is 196 g/mol. The third-order valence-electron chi connectivity index (χ3n) is 1.65. The topological polar surface area (TPSA) is 55.8 Å². The van der Waals surface area contributed by atoms with Gasteiger partial charge in [-0.15, -0.1) is 0 Å². The van der Waals surface area contributed by atoms with Crippen LogP contribution in [0.15, 0.2) is 30.3 Å². The number of hydrogen-bond donors (Lipinski definition) is 1. The summed E-state index contributed by atoms with van der Waals surface area (Å²) >= 11 is 0. The molecule has 1 rings (SSSR count). The van der Waals surface area contributed by atoms with E-state index >= 15 is 0 Å². The zero-order valence-corrected chi connectivity index (χ0v) is 7.84. The Morgan fingerprint density at radius 3 is 2.64 bits per heavy atom. The summed E-state index contributed by atoms with van der Waals surface area (Å²) in [5.74, 6) is -0.791. The first-order valence-electron chi connectivity index (χ1n) is 4.15. The van der Waals surface area contributed by atoms with Crippen molar-refractivity contribution < 1.29 is 19.4 Å². The van der Waals surface area contributed by atoms with Crippen LogP contribution in [0.1, 0.15) is 5.56 Å². The number of esters is 1. The second kappa shape index (κ2) is 5.36. The van der Waals surface area contributed by atoms with E-state index in [1.165, 1.54) is 7.11 Å². The molecule has 0 heterocycles. The summed E-state index contributed by atoms with van der Waals surface area (Å²) < 4.78 is 9.15. The number of benzene rings is 1. The van der Waals surface area contributed by atoms with Crippen LogP contribution < -0.4 is 0 Å². The third kappa shape index (κ3) is 3.16. The number of aliphatic hydroxyl groups is 1. The fourth-order valence-electron chi connectivity index (χ4n) is 0.918. The van der Waals surface area contributed by atoms with Crippen LogP contribution in [-0.4, -0.2) is 24.5 Å². The lowest BCUT2D eigenvalue weighted by Crippen LogP contribution is -2.24. The van der Waals surface area contributed by atoms with E-state index in [4.69, 9.17) is 9.84 Å². The molecule has 1 atom stereocenters. The number of hydrogen-bond acceptors (Lipinski definition) is 4. The fourth-order valence-corrected chi connectivity index (χ4v) is 0.918. The molecule has 1 N–H and O–H groups in total. The first-order chi connectivity index (χ1) is 6.74. The van der Waals surface area contributed by atoms with Crippen molar-refractivity contribution in [3.8, 4) is 0 Å². The van der Waals surface area contributed by atoms with E-state index in [1.807, 2.05) is 30.3 Å². The van der Waals surface area contributed by atoms with Gasteiger partial charge in [0.25, 0.3) is 6.29 Å². The number of aliphatic hydroxyl groups excluding tert-OH is 1. The van der Waals surface area contributed by atoms with Gasteiger partial charge in [-0.2, -0.15) is 0 Å². The number of ether oxygens (including phenoxy) is 2. The number of rotatable bonds is 4. The van der Waals surface area contributed by atoms with Crippen molar-refractivity contribution >= 4 is 5.97 Å². The molecule has 0 spiro atoms. The molecule has 0 bridgehead atoms. The van der Waals surface area contributed by atoms with Gasteiger partial charge in [0.05, 0.1) is 13.7 Å². The standard InChI is InChI=1S/C10H12O4/c1-13-9(11)10(12)14-7-8-5-3-2-4-6-8/h2-6,10,12H,7H2,1H3/t10-/m1/s1. The summed E-state index contributed by atoms with van der Waals surface area (Å²) in [5, 5.41) is 9.08. The van der Waals surface area contributed by atoms with Gasteiger partial charge in [0.15, 0.2) is 0 Å². The second-order valence-corrected chi connectivity index (χ2v) is 2.67. The van der Waals surface area contributed by atoms with Gasteiger partial charge in [0.2, 0.25) is 0 Å². The molecule has 0 amide bonds. The molecule has 0 fully saturated rings. The van der Waals surface area contributed by atoms with Gasteiger partial charge in [0, 0.05) is 0 Å². The van der Waals surface area contributed by atoms with E-state index in [2.05, 4.69) is 4.74 Å². The maximum atomic E-state index is 10.7. The van der Waals surface area contributed by atoms with E-state index in [0.717, 1.165) is 5.56 Å². The van der Waals surface area contributed by atoms with Crippen LogP contribution in [0.25, 0.3) is 0 Å². The first kappa shape index (κ1) is 10.7. The summed E-state index contributed by atoms with van der Waals surface area (Å²) in [6.07, 6.45) is -1.51. The molecule has 0 saturated heterocycles. The predicted molar refractivity (Wildman–Crippen MR) is 49.3 cm³/mol. The van der Waals surface area contributed by atoms with Crippen molar-refractivity contribution in [2.75, 3.05) is 7.11 Å². The van der Waals surface area contributed by atoms with Crippen LogP contribution in [0.2, 0.25) is 0 Å². The van der Waals surface area contributed by atoms with Crippen molar-refractivity contribution in [3.63, 3.8) is 0 Å². The Bertz CT molecular complexity index is 283. The number of carbonyl (C=O) groups excluding carboxylic acids is 1. The van der Waals surface area contributed by atoms with Crippen LogP contribution in [0.4, 0.5) is 0 Å². The first-order valence-corrected chi connectivity index (χ1v) is 4.15. The molecule has 0 unspecified atom stereocenters. The van der Waals surface area contributed by atoms with Crippen LogP contribution in [0.5, 0.6) is 0 Å². The molecule has 0 aliphatic rings. The highest BCUT2D eigenvalue weighted by Crippen LogP contribution is 2.02. The van der Waals surface area contributed by atoms with Crippen molar-refractivity contribution in [1.82, 2.24) is 0 Å². The molecule has 4 heteroatoms. The van der Waals surface area contributed by atoms with Crippen molar-refractivity contribution in [2.24, 2.45) is 0 Å². The van der Waals surface area contributed by atoms with E-state index in [-0.39, 0.29) is 6.61 Å². The van der Waals surface area contributed by atoms with Gasteiger partial charge in [-0.3, -0.25) is 0 Å². The van der Waals surface area contributed by atoms with Crippen LogP contribution >= 0.6 is 0 Å². The summed E-state index contributed by atoms with van der Waals surface area (Å²) in [7, 11) is 1.19. The Morgan fingerprint density at radius 1 is 1.43 bits per heavy atom. The summed E-state index contributed by atoms with van der Waals surface area (Å²) in [5.41, 5.74) is 0.885.